The molecule has 146 valence electrons. The summed E-state index contributed by atoms with van der Waals surface area (Å²) in [5.74, 6) is 1.99. The molecule has 0 atom stereocenters. The molecule has 3 rings (SSSR count). The molecule has 0 saturated carbocycles. The molecule has 1 heterocycles. The largest absolute Gasteiger partial charge is 0.497 e. The van der Waals surface area contributed by atoms with Crippen molar-refractivity contribution in [1.29, 1.82) is 0 Å². The van der Waals surface area contributed by atoms with Gasteiger partial charge in [0.15, 0.2) is 5.16 Å². The Balaban J connectivity index is 1.52. The molecule has 0 fully saturated rings. The standard InChI is InChI=1S/C21H24N4O2S/c1-3-25-19(13-16-7-5-4-6-8-16)23-24-21(25)28-15-20(26)22-14-17-9-11-18(27-2)12-10-17/h4-12H,3,13-15H2,1-2H3,(H,22,26). The number of methoxy groups -OCH3 is 1. The van der Waals surface area contributed by atoms with E-state index in [9.17, 15) is 4.79 Å². The molecule has 3 aromatic rings. The highest BCUT2D eigenvalue weighted by Gasteiger charge is 2.13. The van der Waals surface area contributed by atoms with Gasteiger partial charge in [-0.15, -0.1) is 10.2 Å². The van der Waals surface area contributed by atoms with E-state index < -0.39 is 0 Å². The van der Waals surface area contributed by atoms with Crippen LogP contribution in [0.1, 0.15) is 23.9 Å². The van der Waals surface area contributed by atoms with Gasteiger partial charge in [-0.05, 0) is 30.2 Å². The lowest BCUT2D eigenvalue weighted by Gasteiger charge is -2.08. The van der Waals surface area contributed by atoms with E-state index in [2.05, 4.69) is 39.1 Å². The van der Waals surface area contributed by atoms with E-state index in [4.69, 9.17) is 4.74 Å². The second kappa shape index (κ2) is 9.94. The minimum atomic E-state index is -0.0314. The van der Waals surface area contributed by atoms with Crippen molar-refractivity contribution in [2.75, 3.05) is 12.9 Å². The molecule has 0 aliphatic heterocycles. The molecule has 0 aliphatic rings. The fraction of sp³-hybridized carbons (Fsp3) is 0.286. The van der Waals surface area contributed by atoms with E-state index >= 15 is 0 Å². The average Bonchev–Trinajstić information content (AvgIpc) is 3.13. The van der Waals surface area contributed by atoms with Crippen LogP contribution in [0.4, 0.5) is 0 Å². The molecule has 1 amide bonds. The Kier molecular flexibility index (Phi) is 7.08. The summed E-state index contributed by atoms with van der Waals surface area (Å²) in [4.78, 5) is 12.2. The van der Waals surface area contributed by atoms with Crippen molar-refractivity contribution in [3.8, 4) is 5.75 Å². The lowest BCUT2D eigenvalue weighted by Crippen LogP contribution is -2.24. The minimum Gasteiger partial charge on any atom is -0.497 e. The van der Waals surface area contributed by atoms with Crippen molar-refractivity contribution in [2.45, 2.75) is 31.6 Å². The van der Waals surface area contributed by atoms with Gasteiger partial charge in [-0.3, -0.25) is 4.79 Å². The summed E-state index contributed by atoms with van der Waals surface area (Å²) in [6, 6.07) is 17.8. The summed E-state index contributed by atoms with van der Waals surface area (Å²) in [6.07, 6.45) is 0.728. The summed E-state index contributed by atoms with van der Waals surface area (Å²) in [7, 11) is 1.63. The first kappa shape index (κ1) is 19.9. The van der Waals surface area contributed by atoms with Gasteiger partial charge in [0.2, 0.25) is 5.91 Å². The molecule has 7 heteroatoms. The van der Waals surface area contributed by atoms with Gasteiger partial charge in [-0.25, -0.2) is 0 Å². The molecule has 0 bridgehead atoms. The Morgan fingerprint density at radius 1 is 1.07 bits per heavy atom. The predicted molar refractivity (Wildman–Crippen MR) is 111 cm³/mol. The van der Waals surface area contributed by atoms with Gasteiger partial charge in [0.1, 0.15) is 11.6 Å². The molecule has 0 saturated heterocycles. The van der Waals surface area contributed by atoms with E-state index in [-0.39, 0.29) is 5.91 Å². The van der Waals surface area contributed by atoms with Crippen LogP contribution in [0, 0.1) is 0 Å². The van der Waals surface area contributed by atoms with Crippen LogP contribution in [0.5, 0.6) is 5.75 Å². The summed E-state index contributed by atoms with van der Waals surface area (Å²) in [6.45, 7) is 3.32. The number of thioether (sulfide) groups is 1. The lowest BCUT2D eigenvalue weighted by atomic mass is 10.1. The second-order valence-corrected chi connectivity index (χ2v) is 7.16. The third kappa shape index (κ3) is 5.36. The molecule has 0 aliphatic carbocycles. The van der Waals surface area contributed by atoms with Crippen molar-refractivity contribution in [3.63, 3.8) is 0 Å². The topological polar surface area (TPSA) is 69.0 Å². The van der Waals surface area contributed by atoms with Crippen molar-refractivity contribution in [3.05, 3.63) is 71.5 Å². The molecule has 0 radical (unpaired) electrons. The van der Waals surface area contributed by atoms with Crippen LogP contribution in [0.2, 0.25) is 0 Å². The maximum absolute atomic E-state index is 12.2. The summed E-state index contributed by atoms with van der Waals surface area (Å²) >= 11 is 1.41. The number of benzene rings is 2. The molecule has 28 heavy (non-hydrogen) atoms. The number of ether oxygens (including phenoxy) is 1. The molecule has 0 unspecified atom stereocenters. The first-order chi connectivity index (χ1) is 13.7. The van der Waals surface area contributed by atoms with Crippen molar-refractivity contribution >= 4 is 17.7 Å². The number of carbonyl (C=O) groups is 1. The first-order valence-corrected chi connectivity index (χ1v) is 10.2. The molecule has 1 aromatic heterocycles. The van der Waals surface area contributed by atoms with Crippen LogP contribution in [-0.4, -0.2) is 33.5 Å². The fourth-order valence-electron chi connectivity index (χ4n) is 2.78. The van der Waals surface area contributed by atoms with Crippen LogP contribution < -0.4 is 10.1 Å². The van der Waals surface area contributed by atoms with Crippen LogP contribution in [-0.2, 0) is 24.3 Å². The maximum Gasteiger partial charge on any atom is 0.230 e. The normalized spacial score (nSPS) is 10.6. The number of aromatic nitrogens is 3. The zero-order chi connectivity index (χ0) is 19.8. The second-order valence-electron chi connectivity index (χ2n) is 6.22. The SMILES string of the molecule is CCn1c(Cc2ccccc2)nnc1SCC(=O)NCc1ccc(OC)cc1. The number of hydrogen-bond acceptors (Lipinski definition) is 5. The van der Waals surface area contributed by atoms with E-state index in [1.807, 2.05) is 42.5 Å². The molecular weight excluding hydrogens is 372 g/mol. The highest BCUT2D eigenvalue weighted by atomic mass is 32.2. The Labute approximate surface area is 169 Å². The van der Waals surface area contributed by atoms with Crippen LogP contribution in [0.25, 0.3) is 0 Å². The molecule has 2 aromatic carbocycles. The number of hydrogen-bond donors (Lipinski definition) is 1. The van der Waals surface area contributed by atoms with Gasteiger partial charge >= 0.3 is 0 Å². The summed E-state index contributed by atoms with van der Waals surface area (Å²) < 4.78 is 7.20. The van der Waals surface area contributed by atoms with E-state index in [0.717, 1.165) is 35.3 Å². The van der Waals surface area contributed by atoms with Crippen molar-refractivity contribution in [1.82, 2.24) is 20.1 Å². The van der Waals surface area contributed by atoms with Crippen LogP contribution in [0.3, 0.4) is 0 Å². The fourth-order valence-corrected chi connectivity index (χ4v) is 3.63. The van der Waals surface area contributed by atoms with Gasteiger partial charge in [-0.2, -0.15) is 0 Å². The Morgan fingerprint density at radius 2 is 1.82 bits per heavy atom. The maximum atomic E-state index is 12.2. The Morgan fingerprint density at radius 3 is 2.50 bits per heavy atom. The molecule has 6 nitrogen and oxygen atoms in total. The zero-order valence-corrected chi connectivity index (χ0v) is 16.9. The lowest BCUT2D eigenvalue weighted by molar-refractivity contribution is -0.118. The van der Waals surface area contributed by atoms with Gasteiger partial charge in [-0.1, -0.05) is 54.2 Å². The first-order valence-electron chi connectivity index (χ1n) is 9.18. The quantitative estimate of drug-likeness (QED) is 0.562. The third-order valence-corrected chi connectivity index (χ3v) is 5.26. The van der Waals surface area contributed by atoms with E-state index in [1.165, 1.54) is 17.3 Å². The number of nitrogens with one attached hydrogen (secondary N) is 1. The monoisotopic (exact) mass is 396 g/mol. The van der Waals surface area contributed by atoms with Crippen LogP contribution in [0.15, 0.2) is 59.8 Å². The van der Waals surface area contributed by atoms with Gasteiger partial charge in [0, 0.05) is 19.5 Å². The zero-order valence-electron chi connectivity index (χ0n) is 16.1. The van der Waals surface area contributed by atoms with Crippen molar-refractivity contribution < 1.29 is 9.53 Å². The molecular formula is C21H24N4O2S. The number of rotatable bonds is 9. The molecule has 1 N–H and O–H groups in total. The Bertz CT molecular complexity index is 895. The summed E-state index contributed by atoms with van der Waals surface area (Å²) in [5, 5.41) is 12.3. The highest BCUT2D eigenvalue weighted by Crippen LogP contribution is 2.19. The van der Waals surface area contributed by atoms with Crippen LogP contribution >= 0.6 is 11.8 Å². The third-order valence-electron chi connectivity index (χ3n) is 4.30. The van der Waals surface area contributed by atoms with Gasteiger partial charge in [0.05, 0.1) is 12.9 Å². The highest BCUT2D eigenvalue weighted by molar-refractivity contribution is 7.99. The van der Waals surface area contributed by atoms with Gasteiger partial charge < -0.3 is 14.6 Å². The molecule has 0 spiro atoms. The van der Waals surface area contributed by atoms with Gasteiger partial charge in [0.25, 0.3) is 0 Å². The number of carbonyl (C=O) groups excluding carboxylic acids is 1. The van der Waals surface area contributed by atoms with E-state index in [1.54, 1.807) is 7.11 Å². The van der Waals surface area contributed by atoms with E-state index in [0.29, 0.717) is 12.3 Å². The number of amides is 1. The smallest absolute Gasteiger partial charge is 0.230 e. The average molecular weight is 397 g/mol. The predicted octanol–water partition coefficient (Wildman–Crippen LogP) is 3.31. The number of nitrogens with zero attached hydrogens (tertiary/aromatic N) is 3. The van der Waals surface area contributed by atoms with Crippen molar-refractivity contribution in [2.24, 2.45) is 0 Å². The Hall–Kier alpha value is -2.80. The minimum absolute atomic E-state index is 0.0314. The summed E-state index contributed by atoms with van der Waals surface area (Å²) in [5.41, 5.74) is 2.22.